The van der Waals surface area contributed by atoms with Crippen LogP contribution in [-0.4, -0.2) is 66.4 Å². The summed E-state index contributed by atoms with van der Waals surface area (Å²) in [6.45, 7) is 7.21. The van der Waals surface area contributed by atoms with Gasteiger partial charge in [-0.25, -0.2) is 9.59 Å². The molecule has 1 amide bonds. The van der Waals surface area contributed by atoms with E-state index in [1.54, 1.807) is 20.9 Å². The summed E-state index contributed by atoms with van der Waals surface area (Å²) in [6, 6.07) is -1.25. The van der Waals surface area contributed by atoms with Crippen LogP contribution >= 0.6 is 0 Å². The Labute approximate surface area is 131 Å². The van der Waals surface area contributed by atoms with Crippen molar-refractivity contribution in [1.82, 2.24) is 10.2 Å². The molecule has 0 heterocycles. The maximum Gasteiger partial charge on any atom is 0.409 e. The van der Waals surface area contributed by atoms with Crippen LogP contribution in [0.5, 0.6) is 0 Å². The van der Waals surface area contributed by atoms with Gasteiger partial charge < -0.3 is 20.3 Å². The fraction of sp³-hybridized carbons (Fsp3) is 0.786. The van der Waals surface area contributed by atoms with E-state index in [2.05, 4.69) is 10.1 Å². The van der Waals surface area contributed by atoms with Gasteiger partial charge in [-0.15, -0.1) is 0 Å². The zero-order chi connectivity index (χ0) is 18.0. The molecular weight excluding hydrogens is 292 g/mol. The van der Waals surface area contributed by atoms with Crippen molar-refractivity contribution in [3.63, 3.8) is 0 Å². The number of aliphatic carboxylic acids is 2. The van der Waals surface area contributed by atoms with Gasteiger partial charge in [-0.2, -0.15) is 0 Å². The van der Waals surface area contributed by atoms with E-state index in [1.807, 2.05) is 13.8 Å². The zero-order valence-corrected chi connectivity index (χ0v) is 14.3. The van der Waals surface area contributed by atoms with Crippen LogP contribution in [0.3, 0.4) is 0 Å². The summed E-state index contributed by atoms with van der Waals surface area (Å²) in [5.74, 6) is -1.82. The van der Waals surface area contributed by atoms with Crippen LogP contribution in [-0.2, 0) is 14.3 Å². The molecule has 0 aliphatic carbocycles. The Kier molecular flexibility index (Phi) is 11.1. The summed E-state index contributed by atoms with van der Waals surface area (Å²) >= 11 is 0. The van der Waals surface area contributed by atoms with E-state index < -0.39 is 30.1 Å². The molecule has 2 atom stereocenters. The molecule has 0 spiro atoms. The molecule has 0 bridgehead atoms. The van der Waals surface area contributed by atoms with Crippen LogP contribution in [0.4, 0.5) is 4.79 Å². The molecule has 0 radical (unpaired) electrons. The summed E-state index contributed by atoms with van der Waals surface area (Å²) in [7, 11) is 4.28. The van der Waals surface area contributed by atoms with Gasteiger partial charge in [-0.05, 0) is 18.9 Å². The SMILES string of the molecule is CN[C@H](C(=O)O)C(C)C.COC(=O)N(C)[C@H](C(=O)O)C(C)C. The third-order valence-corrected chi connectivity index (χ3v) is 3.01. The molecule has 0 aromatic rings. The Bertz CT molecular complexity index is 370. The smallest absolute Gasteiger partial charge is 0.409 e. The highest BCUT2D eigenvalue weighted by Gasteiger charge is 2.29. The van der Waals surface area contributed by atoms with Crippen molar-refractivity contribution < 1.29 is 29.3 Å². The molecule has 0 saturated carbocycles. The summed E-state index contributed by atoms with van der Waals surface area (Å²) in [4.78, 5) is 33.1. The number of carbonyl (C=O) groups is 3. The molecule has 0 saturated heterocycles. The zero-order valence-electron chi connectivity index (χ0n) is 14.3. The van der Waals surface area contributed by atoms with Crippen LogP contribution in [0.1, 0.15) is 27.7 Å². The number of nitrogens with zero attached hydrogens (tertiary/aromatic N) is 1. The second-order valence-corrected chi connectivity index (χ2v) is 5.46. The van der Waals surface area contributed by atoms with Crippen molar-refractivity contribution in [2.45, 2.75) is 39.8 Å². The van der Waals surface area contributed by atoms with Crippen molar-refractivity contribution in [2.24, 2.45) is 11.8 Å². The van der Waals surface area contributed by atoms with Gasteiger partial charge in [0.1, 0.15) is 12.1 Å². The van der Waals surface area contributed by atoms with Gasteiger partial charge in [0.15, 0.2) is 0 Å². The lowest BCUT2D eigenvalue weighted by Crippen LogP contribution is -2.45. The van der Waals surface area contributed by atoms with Crippen LogP contribution in [0.2, 0.25) is 0 Å². The number of nitrogens with one attached hydrogen (secondary N) is 1. The number of hydrogen-bond donors (Lipinski definition) is 3. The van der Waals surface area contributed by atoms with Crippen LogP contribution in [0, 0.1) is 11.8 Å². The first-order chi connectivity index (χ1) is 10.0. The average Bonchev–Trinajstić information content (AvgIpc) is 2.37. The molecule has 130 valence electrons. The Morgan fingerprint density at radius 1 is 1.00 bits per heavy atom. The summed E-state index contributed by atoms with van der Waals surface area (Å²) in [6.07, 6.45) is -0.638. The minimum atomic E-state index is -1.03. The Morgan fingerprint density at radius 2 is 1.45 bits per heavy atom. The first-order valence-corrected chi connectivity index (χ1v) is 6.94. The Morgan fingerprint density at radius 3 is 1.59 bits per heavy atom. The van der Waals surface area contributed by atoms with E-state index in [4.69, 9.17) is 10.2 Å². The fourth-order valence-electron chi connectivity index (χ4n) is 1.90. The standard InChI is InChI=1S/C8H15NO4.C6H13NO2/c1-5(2)6(7(10)11)9(3)8(12)13-4;1-4(2)5(7-3)6(8)9/h5-6H,1-4H3,(H,10,11);4-5,7H,1-3H3,(H,8,9)/t6-;5-/m00/s1. The third-order valence-electron chi connectivity index (χ3n) is 3.01. The highest BCUT2D eigenvalue weighted by Crippen LogP contribution is 2.10. The van der Waals surface area contributed by atoms with E-state index in [-0.39, 0.29) is 11.8 Å². The number of rotatable bonds is 6. The molecule has 0 aliphatic heterocycles. The van der Waals surface area contributed by atoms with Crippen molar-refractivity contribution >= 4 is 18.0 Å². The predicted octanol–water partition coefficient (Wildman–Crippen LogP) is 1.11. The first kappa shape index (κ1) is 22.5. The highest BCUT2D eigenvalue weighted by molar-refractivity contribution is 5.80. The maximum atomic E-state index is 11.0. The maximum absolute atomic E-state index is 11.0. The average molecular weight is 320 g/mol. The highest BCUT2D eigenvalue weighted by atomic mass is 16.5. The lowest BCUT2D eigenvalue weighted by atomic mass is 10.0. The number of carboxylic acids is 2. The number of ether oxygens (including phenoxy) is 1. The predicted molar refractivity (Wildman–Crippen MR) is 81.8 cm³/mol. The first-order valence-electron chi connectivity index (χ1n) is 6.94. The molecule has 3 N–H and O–H groups in total. The minimum Gasteiger partial charge on any atom is -0.480 e. The molecule has 8 heteroatoms. The molecule has 8 nitrogen and oxygen atoms in total. The monoisotopic (exact) mass is 320 g/mol. The van der Waals surface area contributed by atoms with E-state index in [1.165, 1.54) is 14.2 Å². The second-order valence-electron chi connectivity index (χ2n) is 5.46. The summed E-state index contributed by atoms with van der Waals surface area (Å²) in [5.41, 5.74) is 0. The van der Waals surface area contributed by atoms with E-state index in [0.29, 0.717) is 0 Å². The van der Waals surface area contributed by atoms with E-state index in [0.717, 1.165) is 4.90 Å². The normalized spacial score (nSPS) is 13.0. The van der Waals surface area contributed by atoms with Gasteiger partial charge in [0.25, 0.3) is 0 Å². The number of hydrogen-bond acceptors (Lipinski definition) is 5. The van der Waals surface area contributed by atoms with Gasteiger partial charge in [-0.1, -0.05) is 27.7 Å². The third kappa shape index (κ3) is 7.82. The quantitative estimate of drug-likeness (QED) is 0.671. The van der Waals surface area contributed by atoms with Gasteiger partial charge >= 0.3 is 18.0 Å². The second kappa shape index (κ2) is 10.8. The molecule has 0 rings (SSSR count). The van der Waals surface area contributed by atoms with Crippen LogP contribution in [0.15, 0.2) is 0 Å². The lowest BCUT2D eigenvalue weighted by Gasteiger charge is -2.26. The molecule has 22 heavy (non-hydrogen) atoms. The summed E-state index contributed by atoms with van der Waals surface area (Å²) in [5, 5.41) is 20.0. The van der Waals surface area contributed by atoms with Crippen molar-refractivity contribution in [3.05, 3.63) is 0 Å². The number of likely N-dealkylation sites (N-methyl/N-ethyl adjacent to an activating group) is 2. The largest absolute Gasteiger partial charge is 0.480 e. The molecule has 0 unspecified atom stereocenters. The topological polar surface area (TPSA) is 116 Å². The summed E-state index contributed by atoms with van der Waals surface area (Å²) < 4.78 is 4.42. The molecule has 0 aromatic heterocycles. The Balaban J connectivity index is 0. The number of amides is 1. The van der Waals surface area contributed by atoms with Gasteiger partial charge in [-0.3, -0.25) is 9.69 Å². The van der Waals surface area contributed by atoms with Crippen molar-refractivity contribution in [2.75, 3.05) is 21.2 Å². The molecule has 0 aliphatic rings. The van der Waals surface area contributed by atoms with Crippen molar-refractivity contribution in [1.29, 1.82) is 0 Å². The molecule has 0 aromatic carbocycles. The van der Waals surface area contributed by atoms with Gasteiger partial charge in [0, 0.05) is 7.05 Å². The van der Waals surface area contributed by atoms with E-state index >= 15 is 0 Å². The van der Waals surface area contributed by atoms with Crippen LogP contribution in [0.25, 0.3) is 0 Å². The van der Waals surface area contributed by atoms with Gasteiger partial charge in [0.05, 0.1) is 7.11 Å². The number of carboxylic acid groups (broad SMARTS) is 2. The Hall–Kier alpha value is -1.83. The fourth-order valence-corrected chi connectivity index (χ4v) is 1.90. The van der Waals surface area contributed by atoms with Crippen LogP contribution < -0.4 is 5.32 Å². The molecule has 0 fully saturated rings. The number of carbonyl (C=O) groups excluding carboxylic acids is 1. The van der Waals surface area contributed by atoms with Gasteiger partial charge in [0.2, 0.25) is 0 Å². The number of methoxy groups -OCH3 is 1. The van der Waals surface area contributed by atoms with Crippen molar-refractivity contribution in [3.8, 4) is 0 Å². The minimum absolute atomic E-state index is 0.146. The lowest BCUT2D eigenvalue weighted by molar-refractivity contribution is -0.144. The molecular formula is C14H28N2O6. The van der Waals surface area contributed by atoms with E-state index in [9.17, 15) is 14.4 Å².